The number of hydrogen-bond donors (Lipinski definition) is 1. The minimum atomic E-state index is -0.343. The number of esters is 1. The summed E-state index contributed by atoms with van der Waals surface area (Å²) in [5.41, 5.74) is 0. The van der Waals surface area contributed by atoms with E-state index in [4.69, 9.17) is 9.47 Å². The molecule has 0 aromatic heterocycles. The molecule has 3 rings (SSSR count). The third-order valence-corrected chi connectivity index (χ3v) is 4.43. The highest BCUT2D eigenvalue weighted by molar-refractivity contribution is 5.78. The topological polar surface area (TPSA) is 67.9 Å². The van der Waals surface area contributed by atoms with Crippen molar-refractivity contribution < 1.29 is 23.5 Å². The van der Waals surface area contributed by atoms with Gasteiger partial charge in [-0.2, -0.15) is 0 Å². The Labute approximate surface area is 139 Å². The highest BCUT2D eigenvalue weighted by Crippen LogP contribution is 2.19. The number of nitrogens with zero attached hydrogens (tertiary/aromatic N) is 1. The summed E-state index contributed by atoms with van der Waals surface area (Å²) >= 11 is 0. The molecule has 7 heteroatoms. The first-order chi connectivity index (χ1) is 11.6. The van der Waals surface area contributed by atoms with Crippen LogP contribution in [0.15, 0.2) is 24.3 Å². The molecule has 1 N–H and O–H groups in total. The predicted octanol–water partition coefficient (Wildman–Crippen LogP) is 1.10. The summed E-state index contributed by atoms with van der Waals surface area (Å²) in [7, 11) is 0. The van der Waals surface area contributed by atoms with E-state index >= 15 is 0 Å². The van der Waals surface area contributed by atoms with Crippen LogP contribution in [0.3, 0.4) is 0 Å². The maximum absolute atomic E-state index is 12.8. The first kappa shape index (κ1) is 16.7. The van der Waals surface area contributed by atoms with Crippen molar-refractivity contribution >= 4 is 11.9 Å². The van der Waals surface area contributed by atoms with Gasteiger partial charge in [-0.1, -0.05) is 0 Å². The van der Waals surface area contributed by atoms with Gasteiger partial charge in [0.2, 0.25) is 0 Å². The summed E-state index contributed by atoms with van der Waals surface area (Å²) in [6.45, 7) is 1.94. The van der Waals surface area contributed by atoms with Crippen molar-refractivity contribution in [2.24, 2.45) is 0 Å². The van der Waals surface area contributed by atoms with E-state index in [9.17, 15) is 14.0 Å². The van der Waals surface area contributed by atoms with Gasteiger partial charge in [-0.15, -0.1) is 0 Å². The van der Waals surface area contributed by atoms with Gasteiger partial charge in [-0.05, 0) is 37.1 Å². The Morgan fingerprint density at radius 1 is 1.25 bits per heavy atom. The number of carbonyl (C=O) groups is 2. The molecule has 1 amide bonds. The molecule has 2 fully saturated rings. The van der Waals surface area contributed by atoms with Gasteiger partial charge < -0.3 is 14.8 Å². The van der Waals surface area contributed by atoms with Gasteiger partial charge in [0, 0.05) is 25.6 Å². The van der Waals surface area contributed by atoms with Gasteiger partial charge in [-0.25, -0.2) is 4.39 Å². The third-order valence-electron chi connectivity index (χ3n) is 4.43. The van der Waals surface area contributed by atoms with Crippen molar-refractivity contribution in [2.75, 3.05) is 26.3 Å². The van der Waals surface area contributed by atoms with Crippen LogP contribution in [0.2, 0.25) is 0 Å². The van der Waals surface area contributed by atoms with Crippen molar-refractivity contribution in [3.8, 4) is 5.75 Å². The fraction of sp³-hybridized carbons (Fsp3) is 0.529. The van der Waals surface area contributed by atoms with Crippen LogP contribution in [0.4, 0.5) is 4.39 Å². The van der Waals surface area contributed by atoms with Gasteiger partial charge >= 0.3 is 5.97 Å². The molecular weight excluding hydrogens is 315 g/mol. The van der Waals surface area contributed by atoms with Crippen molar-refractivity contribution in [2.45, 2.75) is 31.3 Å². The fourth-order valence-corrected chi connectivity index (χ4v) is 3.12. The molecule has 1 aromatic carbocycles. The third kappa shape index (κ3) is 4.23. The van der Waals surface area contributed by atoms with E-state index in [1.165, 1.54) is 24.3 Å². The van der Waals surface area contributed by atoms with Crippen molar-refractivity contribution in [1.29, 1.82) is 0 Å². The van der Waals surface area contributed by atoms with Crippen LogP contribution in [0.1, 0.15) is 19.3 Å². The number of piperidine rings is 1. The van der Waals surface area contributed by atoms with Gasteiger partial charge in [0.15, 0.2) is 6.61 Å². The number of cyclic esters (lactones) is 1. The van der Waals surface area contributed by atoms with E-state index in [2.05, 4.69) is 10.2 Å². The van der Waals surface area contributed by atoms with E-state index < -0.39 is 0 Å². The zero-order valence-electron chi connectivity index (χ0n) is 13.4. The molecule has 2 aliphatic heterocycles. The largest absolute Gasteiger partial charge is 0.484 e. The van der Waals surface area contributed by atoms with E-state index in [0.29, 0.717) is 12.4 Å². The molecule has 0 saturated carbocycles. The number of nitrogens with one attached hydrogen (secondary N) is 1. The summed E-state index contributed by atoms with van der Waals surface area (Å²) in [5, 5.41) is 2.94. The smallest absolute Gasteiger partial charge is 0.323 e. The average Bonchev–Trinajstić information content (AvgIpc) is 3.01. The zero-order chi connectivity index (χ0) is 16.9. The summed E-state index contributed by atoms with van der Waals surface area (Å²) in [6.07, 6.45) is 2.35. The number of likely N-dealkylation sites (tertiary alicyclic amines) is 1. The molecule has 2 heterocycles. The lowest BCUT2D eigenvalue weighted by atomic mass is 10.0. The first-order valence-corrected chi connectivity index (χ1v) is 8.20. The van der Waals surface area contributed by atoms with Crippen LogP contribution in [0, 0.1) is 5.82 Å². The second-order valence-electron chi connectivity index (χ2n) is 6.09. The fourth-order valence-electron chi connectivity index (χ4n) is 3.12. The number of hydrogen-bond acceptors (Lipinski definition) is 5. The Balaban J connectivity index is 1.38. The molecule has 2 aliphatic rings. The molecule has 1 aromatic rings. The van der Waals surface area contributed by atoms with Crippen LogP contribution in [0.5, 0.6) is 5.75 Å². The molecule has 0 bridgehead atoms. The van der Waals surface area contributed by atoms with Crippen molar-refractivity contribution in [3.05, 3.63) is 30.1 Å². The monoisotopic (exact) mass is 336 g/mol. The average molecular weight is 336 g/mol. The van der Waals surface area contributed by atoms with Gasteiger partial charge in [0.05, 0.1) is 6.61 Å². The minimum Gasteiger partial charge on any atom is -0.484 e. The van der Waals surface area contributed by atoms with Gasteiger partial charge in [0.1, 0.15) is 17.6 Å². The lowest BCUT2D eigenvalue weighted by molar-refractivity contribution is -0.142. The van der Waals surface area contributed by atoms with Gasteiger partial charge in [-0.3, -0.25) is 14.5 Å². The van der Waals surface area contributed by atoms with E-state index in [-0.39, 0.29) is 36.4 Å². The summed E-state index contributed by atoms with van der Waals surface area (Å²) in [5.74, 6) is -0.214. The number of rotatable bonds is 5. The Bertz CT molecular complexity index is 585. The number of benzene rings is 1. The minimum absolute atomic E-state index is 0.0861. The Kier molecular flexibility index (Phi) is 5.30. The van der Waals surface area contributed by atoms with Crippen LogP contribution in [-0.4, -0.2) is 55.2 Å². The van der Waals surface area contributed by atoms with Crippen molar-refractivity contribution in [1.82, 2.24) is 10.2 Å². The maximum atomic E-state index is 12.8. The van der Waals surface area contributed by atoms with E-state index in [1.54, 1.807) is 0 Å². The SMILES string of the molecule is O=C(COc1ccc(F)cc1)NC1CCN(C2CCOC2=O)CC1. The Morgan fingerprint density at radius 3 is 2.58 bits per heavy atom. The molecule has 1 unspecified atom stereocenters. The highest BCUT2D eigenvalue weighted by atomic mass is 19.1. The molecule has 1 atom stereocenters. The first-order valence-electron chi connectivity index (χ1n) is 8.20. The summed E-state index contributed by atoms with van der Waals surface area (Å²) in [6, 6.07) is 5.52. The van der Waals surface area contributed by atoms with Crippen LogP contribution in [0.25, 0.3) is 0 Å². The molecule has 24 heavy (non-hydrogen) atoms. The molecule has 6 nitrogen and oxygen atoms in total. The second kappa shape index (κ2) is 7.61. The lowest BCUT2D eigenvalue weighted by Crippen LogP contribution is -2.49. The lowest BCUT2D eigenvalue weighted by Gasteiger charge is -2.34. The Morgan fingerprint density at radius 2 is 1.96 bits per heavy atom. The molecule has 0 radical (unpaired) electrons. The highest BCUT2D eigenvalue weighted by Gasteiger charge is 2.34. The maximum Gasteiger partial charge on any atom is 0.323 e. The van der Waals surface area contributed by atoms with Crippen molar-refractivity contribution in [3.63, 3.8) is 0 Å². The van der Waals surface area contributed by atoms with E-state index in [0.717, 1.165) is 32.4 Å². The quantitative estimate of drug-likeness (QED) is 0.816. The summed E-state index contributed by atoms with van der Waals surface area (Å²) in [4.78, 5) is 25.7. The van der Waals surface area contributed by atoms with E-state index in [1.807, 2.05) is 0 Å². The molecule has 2 saturated heterocycles. The number of halogens is 1. The molecule has 130 valence electrons. The molecule has 0 aliphatic carbocycles. The van der Waals surface area contributed by atoms with Crippen LogP contribution >= 0.6 is 0 Å². The molecule has 0 spiro atoms. The molecular formula is C17H21FN2O4. The van der Waals surface area contributed by atoms with Gasteiger partial charge in [0.25, 0.3) is 5.91 Å². The summed E-state index contributed by atoms with van der Waals surface area (Å²) < 4.78 is 23.1. The Hall–Kier alpha value is -2.15. The standard InChI is InChI=1S/C17H21FN2O4/c18-12-1-3-14(4-2-12)24-11-16(21)19-13-5-8-20(9-6-13)15-7-10-23-17(15)22/h1-4,13,15H,5-11H2,(H,19,21). The number of amides is 1. The number of ether oxygens (including phenoxy) is 2. The normalized spacial score (nSPS) is 22.2. The van der Waals surface area contributed by atoms with Crippen LogP contribution < -0.4 is 10.1 Å². The van der Waals surface area contributed by atoms with Crippen LogP contribution in [-0.2, 0) is 14.3 Å². The number of carbonyl (C=O) groups excluding carboxylic acids is 2. The predicted molar refractivity (Wildman–Crippen MR) is 84.0 cm³/mol. The zero-order valence-corrected chi connectivity index (χ0v) is 13.4. The second-order valence-corrected chi connectivity index (χ2v) is 6.09.